The number of furan rings is 1. The minimum absolute atomic E-state index is 0.508. The number of para-hydroxylation sites is 2. The summed E-state index contributed by atoms with van der Waals surface area (Å²) in [6.45, 7) is 0. The van der Waals surface area contributed by atoms with E-state index >= 15 is 4.57 Å². The Morgan fingerprint density at radius 3 is 1.49 bits per heavy atom. The lowest BCUT2D eigenvalue weighted by Crippen LogP contribution is -2.47. The van der Waals surface area contributed by atoms with E-state index in [0.717, 1.165) is 93.5 Å². The van der Waals surface area contributed by atoms with E-state index in [1.165, 1.54) is 0 Å². The van der Waals surface area contributed by atoms with Crippen LogP contribution in [0.3, 0.4) is 0 Å². The Balaban J connectivity index is 0.993. The third-order valence-corrected chi connectivity index (χ3v) is 17.4. The van der Waals surface area contributed by atoms with Crippen LogP contribution in [0.4, 0.5) is 0 Å². The van der Waals surface area contributed by atoms with Crippen molar-refractivity contribution in [2.24, 2.45) is 0 Å². The van der Waals surface area contributed by atoms with Gasteiger partial charge in [-0.15, -0.1) is 0 Å². The molecule has 6 nitrogen and oxygen atoms in total. The molecule has 334 valence electrons. The van der Waals surface area contributed by atoms with Crippen LogP contribution in [0.25, 0.3) is 78.4 Å². The van der Waals surface area contributed by atoms with Gasteiger partial charge in [0.25, 0.3) is 0 Å². The Morgan fingerprint density at radius 1 is 0.338 bits per heavy atom. The van der Waals surface area contributed by atoms with Crippen LogP contribution in [-0.4, -0.2) is 15.0 Å². The van der Waals surface area contributed by atoms with Crippen molar-refractivity contribution >= 4 is 45.0 Å². The van der Waals surface area contributed by atoms with Crippen LogP contribution in [-0.2, 0) is 9.98 Å². The normalized spacial score (nSPS) is 16.5. The van der Waals surface area contributed by atoms with Crippen molar-refractivity contribution in [1.82, 2.24) is 15.0 Å². The first-order valence-corrected chi connectivity index (χ1v) is 25.5. The Labute approximate surface area is 410 Å². The van der Waals surface area contributed by atoms with Crippen LogP contribution in [0, 0.1) is 0 Å². The lowest BCUT2D eigenvalue weighted by Gasteiger charge is -2.47. The van der Waals surface area contributed by atoms with Crippen LogP contribution in [0.5, 0.6) is 11.5 Å². The summed E-state index contributed by atoms with van der Waals surface area (Å²) >= 11 is 0. The Bertz CT molecular complexity index is 4000. The van der Waals surface area contributed by atoms with E-state index in [1.807, 2.05) is 78.9 Å². The molecule has 14 rings (SSSR count). The van der Waals surface area contributed by atoms with Crippen LogP contribution in [0.1, 0.15) is 22.3 Å². The number of ether oxygens (including phenoxy) is 1. The number of fused-ring (bicyclic) bond motifs is 11. The minimum atomic E-state index is -3.51. The zero-order valence-electron chi connectivity index (χ0n) is 38.1. The van der Waals surface area contributed by atoms with Crippen molar-refractivity contribution in [2.45, 2.75) is 5.41 Å². The molecule has 71 heavy (non-hydrogen) atoms. The van der Waals surface area contributed by atoms with Crippen molar-refractivity contribution in [3.05, 3.63) is 265 Å². The topological polar surface area (TPSA) is 78.1 Å². The molecular formula is C64H40N3O3P. The fourth-order valence-electron chi connectivity index (χ4n) is 11.0. The molecule has 0 N–H and O–H groups in total. The molecule has 2 unspecified atom stereocenters. The average molecular weight is 930 g/mol. The van der Waals surface area contributed by atoms with Crippen LogP contribution >= 0.6 is 7.14 Å². The predicted molar refractivity (Wildman–Crippen MR) is 286 cm³/mol. The van der Waals surface area contributed by atoms with Crippen molar-refractivity contribution in [1.29, 1.82) is 0 Å². The van der Waals surface area contributed by atoms with Gasteiger partial charge in [0.05, 0.1) is 5.41 Å². The van der Waals surface area contributed by atoms with E-state index in [0.29, 0.717) is 34.6 Å². The molecule has 0 saturated carbocycles. The first kappa shape index (κ1) is 41.1. The van der Waals surface area contributed by atoms with Crippen molar-refractivity contribution in [3.8, 4) is 67.9 Å². The zero-order valence-corrected chi connectivity index (χ0v) is 39.0. The number of hydrogen-bond acceptors (Lipinski definition) is 6. The molecule has 0 radical (unpaired) electrons. The van der Waals surface area contributed by atoms with Crippen molar-refractivity contribution < 1.29 is 13.7 Å². The third kappa shape index (κ3) is 6.35. The van der Waals surface area contributed by atoms with Gasteiger partial charge < -0.3 is 13.7 Å². The molecular weight excluding hydrogens is 890 g/mol. The van der Waals surface area contributed by atoms with E-state index in [9.17, 15) is 0 Å². The molecule has 2 aliphatic rings. The Morgan fingerprint density at radius 2 is 0.831 bits per heavy atom. The first-order chi connectivity index (χ1) is 35.0. The van der Waals surface area contributed by atoms with Crippen molar-refractivity contribution in [3.63, 3.8) is 0 Å². The highest BCUT2D eigenvalue weighted by atomic mass is 31.2. The maximum Gasteiger partial charge on any atom is 0.171 e. The van der Waals surface area contributed by atoms with Crippen LogP contribution < -0.4 is 20.7 Å². The molecule has 4 heterocycles. The van der Waals surface area contributed by atoms with E-state index in [4.69, 9.17) is 24.1 Å². The summed E-state index contributed by atoms with van der Waals surface area (Å²) in [6.07, 6.45) is 0. The Hall–Kier alpha value is -8.96. The fraction of sp³-hybridized carbons (Fsp3) is 0.0156. The molecule has 0 fully saturated rings. The largest absolute Gasteiger partial charge is 0.457 e. The summed E-state index contributed by atoms with van der Waals surface area (Å²) in [5, 5.41) is 4.24. The highest BCUT2D eigenvalue weighted by Crippen LogP contribution is 2.62. The lowest BCUT2D eigenvalue weighted by molar-refractivity contribution is 0.435. The average Bonchev–Trinajstić information content (AvgIpc) is 3.82. The second-order valence-electron chi connectivity index (χ2n) is 18.2. The quantitative estimate of drug-likeness (QED) is 0.155. The maximum absolute atomic E-state index is 16.6. The number of hydrogen-bond donors (Lipinski definition) is 0. The number of rotatable bonds is 6. The van der Waals surface area contributed by atoms with Gasteiger partial charge in [-0.3, -0.25) is 0 Å². The van der Waals surface area contributed by atoms with Gasteiger partial charge in [-0.1, -0.05) is 212 Å². The predicted octanol–water partition coefficient (Wildman–Crippen LogP) is 14.5. The molecule has 0 bridgehead atoms. The van der Waals surface area contributed by atoms with E-state index in [1.54, 1.807) is 0 Å². The van der Waals surface area contributed by atoms with Gasteiger partial charge in [0.2, 0.25) is 0 Å². The molecule has 2 aliphatic heterocycles. The summed E-state index contributed by atoms with van der Waals surface area (Å²) in [5.74, 6) is 2.98. The summed E-state index contributed by atoms with van der Waals surface area (Å²) in [7, 11) is -3.51. The van der Waals surface area contributed by atoms with Gasteiger partial charge in [-0.25, -0.2) is 15.0 Å². The standard InChI is InChI=1S/C64H40N3O3P/c68-71(48-20-8-3-9-21-48)59-27-15-12-24-53(59)64(54-39-50-49-22-10-13-25-55(49)69-57(50)40-60(54)71)51-23-11-14-26-56(51)70-58-38-47(36-37-52(58)64)63-66-61(45-32-28-43(29-33-45)41-16-4-1-5-17-41)65-62(67-63)46-34-30-44(31-35-46)42-18-6-2-7-19-42/h1-40H. The summed E-state index contributed by atoms with van der Waals surface area (Å²) in [6, 6.07) is 82.6. The smallest absolute Gasteiger partial charge is 0.171 e. The van der Waals surface area contributed by atoms with E-state index < -0.39 is 12.6 Å². The van der Waals surface area contributed by atoms with Gasteiger partial charge in [0, 0.05) is 54.5 Å². The minimum Gasteiger partial charge on any atom is -0.457 e. The monoisotopic (exact) mass is 929 g/mol. The zero-order chi connectivity index (χ0) is 47.1. The SMILES string of the molecule is O=P1(c2ccccc2)c2ccccc2C2(c3ccccc3Oc3cc(-c4nc(-c5ccc(-c6ccccc6)cc5)nc(-c5ccc(-c6ccccc6)cc5)n4)ccc32)c2cc3c(cc21)oc1ccccc13. The fourth-order valence-corrected chi connectivity index (χ4v) is 14.1. The summed E-state index contributed by atoms with van der Waals surface area (Å²) in [4.78, 5) is 15.6. The van der Waals surface area contributed by atoms with Crippen LogP contribution in [0.2, 0.25) is 0 Å². The number of benzene rings is 10. The highest BCUT2D eigenvalue weighted by Gasteiger charge is 2.55. The van der Waals surface area contributed by atoms with Gasteiger partial charge >= 0.3 is 0 Å². The van der Waals surface area contributed by atoms with Gasteiger partial charge in [0.15, 0.2) is 24.6 Å². The van der Waals surface area contributed by atoms with Gasteiger partial charge in [-0.05, 0) is 63.7 Å². The highest BCUT2D eigenvalue weighted by molar-refractivity contribution is 7.85. The molecule has 2 aromatic heterocycles. The molecule has 1 spiro atoms. The Kier molecular flexibility index (Phi) is 9.29. The summed E-state index contributed by atoms with van der Waals surface area (Å²) in [5.41, 5.74) is 11.2. The molecule has 2 atom stereocenters. The third-order valence-electron chi connectivity index (χ3n) is 14.3. The summed E-state index contributed by atoms with van der Waals surface area (Å²) < 4.78 is 30.3. The van der Waals surface area contributed by atoms with Crippen LogP contribution in [0.15, 0.2) is 247 Å². The molecule has 0 saturated heterocycles. The lowest BCUT2D eigenvalue weighted by atomic mass is 9.63. The molecule has 0 aliphatic carbocycles. The van der Waals surface area contributed by atoms with E-state index in [2.05, 4.69) is 164 Å². The molecule has 10 aromatic carbocycles. The molecule has 7 heteroatoms. The number of aromatic nitrogens is 3. The number of nitrogens with zero attached hydrogens (tertiary/aromatic N) is 3. The second kappa shape index (κ2) is 16.1. The van der Waals surface area contributed by atoms with Gasteiger partial charge in [-0.2, -0.15) is 0 Å². The molecule has 12 aromatic rings. The second-order valence-corrected chi connectivity index (χ2v) is 20.9. The van der Waals surface area contributed by atoms with Gasteiger partial charge in [0.1, 0.15) is 22.7 Å². The van der Waals surface area contributed by atoms with Crippen molar-refractivity contribution in [2.75, 3.05) is 0 Å². The molecule has 0 amide bonds. The van der Waals surface area contributed by atoms with E-state index in [-0.39, 0.29) is 0 Å². The maximum atomic E-state index is 16.6. The first-order valence-electron chi connectivity index (χ1n) is 23.8.